The first kappa shape index (κ1) is 35.7. The van der Waals surface area contributed by atoms with Crippen LogP contribution in [0.3, 0.4) is 0 Å². The van der Waals surface area contributed by atoms with E-state index in [4.69, 9.17) is 18.9 Å². The summed E-state index contributed by atoms with van der Waals surface area (Å²) in [7, 11) is 3.23. The van der Waals surface area contributed by atoms with E-state index in [1.54, 1.807) is 26.4 Å². The molecule has 16 heteroatoms. The normalized spacial score (nSPS) is 18.0. The van der Waals surface area contributed by atoms with Gasteiger partial charge in [-0.3, -0.25) is 14.9 Å². The first-order chi connectivity index (χ1) is 21.9. The number of morpholine rings is 1. The van der Waals surface area contributed by atoms with E-state index in [0.29, 0.717) is 69.3 Å². The van der Waals surface area contributed by atoms with Crippen molar-refractivity contribution in [2.75, 3.05) is 60.3 Å². The van der Waals surface area contributed by atoms with Gasteiger partial charge in [-0.15, -0.1) is 5.10 Å². The summed E-state index contributed by atoms with van der Waals surface area (Å²) in [6.07, 6.45) is -11.1. The maximum atomic E-state index is 13.8. The van der Waals surface area contributed by atoms with E-state index in [1.807, 2.05) is 4.90 Å². The number of alkyl halides is 6. The van der Waals surface area contributed by atoms with Crippen molar-refractivity contribution < 1.29 is 49.7 Å². The van der Waals surface area contributed by atoms with Crippen LogP contribution in [-0.4, -0.2) is 91.8 Å². The molecule has 2 unspecified atom stereocenters. The lowest BCUT2D eigenvalue weighted by Gasteiger charge is -2.41. The van der Waals surface area contributed by atoms with Gasteiger partial charge in [0.1, 0.15) is 11.5 Å². The molecular weight excluding hydrogens is 627 g/mol. The van der Waals surface area contributed by atoms with Crippen LogP contribution in [0.5, 0.6) is 0 Å². The average molecular weight is 664 g/mol. The minimum atomic E-state index is -4.96. The number of rotatable bonds is 15. The lowest BCUT2D eigenvalue weighted by Crippen LogP contribution is -2.46. The van der Waals surface area contributed by atoms with Crippen molar-refractivity contribution in [2.45, 2.75) is 44.2 Å². The van der Waals surface area contributed by atoms with Crippen molar-refractivity contribution in [3.63, 3.8) is 0 Å². The molecule has 254 valence electrons. The van der Waals surface area contributed by atoms with Crippen LogP contribution in [0.15, 0.2) is 42.5 Å². The van der Waals surface area contributed by atoms with Gasteiger partial charge in [0.05, 0.1) is 49.3 Å². The SMILES string of the molecule is COCCN(CCOC)Cc1[nH]nnc1CN1CCOC(OCCc2cc(C(F)(F)F)cc(C(F)(F)F)c2)C1c1ccc(F)cc1. The van der Waals surface area contributed by atoms with Gasteiger partial charge in [0, 0.05) is 46.9 Å². The van der Waals surface area contributed by atoms with Gasteiger partial charge in [-0.25, -0.2) is 4.39 Å². The highest BCUT2D eigenvalue weighted by Gasteiger charge is 2.38. The number of hydrogen-bond donors (Lipinski definition) is 1. The quantitative estimate of drug-likeness (QED) is 0.221. The molecule has 46 heavy (non-hydrogen) atoms. The fraction of sp³-hybridized carbons (Fsp3) is 0.533. The summed E-state index contributed by atoms with van der Waals surface area (Å²) in [5, 5.41) is 11.2. The predicted molar refractivity (Wildman–Crippen MR) is 151 cm³/mol. The number of aromatic nitrogens is 3. The topological polar surface area (TPSA) is 85.0 Å². The van der Waals surface area contributed by atoms with Crippen LogP contribution in [0.2, 0.25) is 0 Å². The van der Waals surface area contributed by atoms with E-state index in [0.717, 1.165) is 5.69 Å². The second kappa shape index (κ2) is 16.1. The second-order valence-corrected chi connectivity index (χ2v) is 10.7. The fourth-order valence-corrected chi connectivity index (χ4v) is 5.14. The van der Waals surface area contributed by atoms with Crippen LogP contribution in [0.4, 0.5) is 30.7 Å². The Balaban J connectivity index is 1.52. The Hall–Kier alpha value is -3.15. The highest BCUT2D eigenvalue weighted by Crippen LogP contribution is 2.37. The van der Waals surface area contributed by atoms with Crippen LogP contribution in [0.25, 0.3) is 0 Å². The molecule has 0 saturated carbocycles. The molecule has 2 aromatic carbocycles. The molecule has 9 nitrogen and oxygen atoms in total. The van der Waals surface area contributed by atoms with Gasteiger partial charge in [-0.1, -0.05) is 17.3 Å². The van der Waals surface area contributed by atoms with E-state index in [-0.39, 0.29) is 31.3 Å². The average Bonchev–Trinajstić information content (AvgIpc) is 3.44. The highest BCUT2D eigenvalue weighted by atomic mass is 19.4. The van der Waals surface area contributed by atoms with Gasteiger partial charge >= 0.3 is 12.4 Å². The van der Waals surface area contributed by atoms with E-state index in [2.05, 4.69) is 20.3 Å². The number of aromatic amines is 1. The maximum absolute atomic E-state index is 13.8. The fourth-order valence-electron chi connectivity index (χ4n) is 5.14. The number of nitrogens with zero attached hydrogens (tertiary/aromatic N) is 4. The standard InChI is InChI=1S/C30H36F7N5O4/c1-43-12-8-41(9-13-44-2)18-25-26(39-40-38-25)19-42-10-14-46-28(27(42)21-3-5-24(31)6-4-21)45-11-7-20-15-22(29(32,33)34)17-23(16-20)30(35,36)37/h3-6,15-17,27-28H,7-14,18-19H2,1-2H3,(H,38,39,40). The van der Waals surface area contributed by atoms with Gasteiger partial charge in [-0.2, -0.15) is 26.3 Å². The third kappa shape index (κ3) is 9.92. The lowest BCUT2D eigenvalue weighted by molar-refractivity contribution is -0.212. The van der Waals surface area contributed by atoms with Crippen molar-refractivity contribution in [3.8, 4) is 0 Å². The summed E-state index contributed by atoms with van der Waals surface area (Å²) in [6.45, 7) is 3.47. The summed E-state index contributed by atoms with van der Waals surface area (Å²) in [5.74, 6) is -0.458. The Kier molecular flexibility index (Phi) is 12.5. The summed E-state index contributed by atoms with van der Waals surface area (Å²) in [5.41, 5.74) is -0.931. The number of methoxy groups -OCH3 is 2. The molecule has 0 amide bonds. The lowest BCUT2D eigenvalue weighted by atomic mass is 10.0. The third-order valence-electron chi connectivity index (χ3n) is 7.51. The molecule has 1 aliphatic rings. The number of benzene rings is 2. The Labute approximate surface area is 261 Å². The first-order valence-corrected chi connectivity index (χ1v) is 14.5. The largest absolute Gasteiger partial charge is 0.416 e. The van der Waals surface area contributed by atoms with Gasteiger partial charge < -0.3 is 18.9 Å². The van der Waals surface area contributed by atoms with Crippen LogP contribution in [-0.2, 0) is 50.8 Å². The summed E-state index contributed by atoms with van der Waals surface area (Å²) in [6, 6.07) is 6.55. The number of nitrogens with one attached hydrogen (secondary N) is 1. The third-order valence-corrected chi connectivity index (χ3v) is 7.51. The smallest absolute Gasteiger partial charge is 0.383 e. The molecule has 2 atom stereocenters. The summed E-state index contributed by atoms with van der Waals surface area (Å²) in [4.78, 5) is 4.12. The van der Waals surface area contributed by atoms with Crippen LogP contribution in [0.1, 0.15) is 39.7 Å². The van der Waals surface area contributed by atoms with Crippen molar-refractivity contribution in [1.29, 1.82) is 0 Å². The maximum Gasteiger partial charge on any atom is 0.416 e. The Morgan fingerprint density at radius 2 is 1.57 bits per heavy atom. The zero-order valence-corrected chi connectivity index (χ0v) is 25.3. The number of ether oxygens (including phenoxy) is 4. The molecule has 0 bridgehead atoms. The van der Waals surface area contributed by atoms with Gasteiger partial charge in [0.15, 0.2) is 6.29 Å². The minimum Gasteiger partial charge on any atom is -0.383 e. The number of hydrogen-bond acceptors (Lipinski definition) is 8. The molecule has 1 saturated heterocycles. The monoisotopic (exact) mass is 663 g/mol. The highest BCUT2D eigenvalue weighted by molar-refractivity contribution is 5.34. The van der Waals surface area contributed by atoms with E-state index >= 15 is 0 Å². The second-order valence-electron chi connectivity index (χ2n) is 10.7. The molecule has 2 heterocycles. The molecular formula is C30H36F7N5O4. The Morgan fingerprint density at radius 3 is 2.15 bits per heavy atom. The molecule has 4 rings (SSSR count). The van der Waals surface area contributed by atoms with Gasteiger partial charge in [0.2, 0.25) is 0 Å². The predicted octanol–water partition coefficient (Wildman–Crippen LogP) is 5.24. The van der Waals surface area contributed by atoms with Crippen LogP contribution >= 0.6 is 0 Å². The van der Waals surface area contributed by atoms with Gasteiger partial charge in [0.25, 0.3) is 0 Å². The Bertz CT molecular complexity index is 1330. The minimum absolute atomic E-state index is 0.0869. The molecule has 0 aliphatic carbocycles. The van der Waals surface area contributed by atoms with Crippen molar-refractivity contribution in [1.82, 2.24) is 25.2 Å². The number of H-pyrrole nitrogens is 1. The molecule has 1 aromatic heterocycles. The molecule has 3 aromatic rings. The molecule has 1 fully saturated rings. The zero-order chi connectivity index (χ0) is 33.3. The van der Waals surface area contributed by atoms with E-state index in [9.17, 15) is 30.7 Å². The van der Waals surface area contributed by atoms with Crippen LogP contribution < -0.4 is 0 Å². The van der Waals surface area contributed by atoms with Gasteiger partial charge in [-0.05, 0) is 47.9 Å². The first-order valence-electron chi connectivity index (χ1n) is 14.5. The van der Waals surface area contributed by atoms with Crippen molar-refractivity contribution in [3.05, 3.63) is 81.9 Å². The molecule has 1 N–H and O–H groups in total. The van der Waals surface area contributed by atoms with E-state index < -0.39 is 41.6 Å². The number of halogens is 7. The Morgan fingerprint density at radius 1 is 0.935 bits per heavy atom. The van der Waals surface area contributed by atoms with Crippen molar-refractivity contribution in [2.24, 2.45) is 0 Å². The van der Waals surface area contributed by atoms with E-state index in [1.165, 1.54) is 12.1 Å². The molecule has 1 aliphatic heterocycles. The summed E-state index contributed by atoms with van der Waals surface area (Å²) >= 11 is 0. The summed E-state index contributed by atoms with van der Waals surface area (Å²) < 4.78 is 116. The van der Waals surface area contributed by atoms with Crippen molar-refractivity contribution >= 4 is 0 Å². The van der Waals surface area contributed by atoms with Crippen LogP contribution in [0, 0.1) is 5.82 Å². The zero-order valence-electron chi connectivity index (χ0n) is 25.3. The molecule has 0 spiro atoms. The molecule has 0 radical (unpaired) electrons.